The zero-order valence-electron chi connectivity index (χ0n) is 9.17. The summed E-state index contributed by atoms with van der Waals surface area (Å²) in [5.41, 5.74) is -0.374. The Morgan fingerprint density at radius 1 is 1.53 bits per heavy atom. The van der Waals surface area contributed by atoms with E-state index < -0.39 is 0 Å². The molecule has 0 fully saturated rings. The summed E-state index contributed by atoms with van der Waals surface area (Å²) >= 11 is 5.69. The third-order valence-corrected chi connectivity index (χ3v) is 2.69. The van der Waals surface area contributed by atoms with Crippen LogP contribution in [0.3, 0.4) is 0 Å². The van der Waals surface area contributed by atoms with E-state index in [1.54, 1.807) is 12.1 Å². The average molecular weight is 227 g/mol. The zero-order chi connectivity index (χ0) is 11.5. The maximum Gasteiger partial charge on any atom is 0.231 e. The van der Waals surface area contributed by atoms with Gasteiger partial charge in [0.2, 0.25) is 5.91 Å². The Balaban J connectivity index is 2.71. The van der Waals surface area contributed by atoms with Gasteiger partial charge in [-0.3, -0.25) is 4.79 Å². The van der Waals surface area contributed by atoms with Crippen molar-refractivity contribution in [2.24, 2.45) is 5.41 Å². The summed E-state index contributed by atoms with van der Waals surface area (Å²) in [5, 5.41) is 3.31. The summed E-state index contributed by atoms with van der Waals surface area (Å²) in [6.07, 6.45) is 2.29. The summed E-state index contributed by atoms with van der Waals surface area (Å²) in [4.78, 5) is 15.8. The van der Waals surface area contributed by atoms with E-state index in [0.717, 1.165) is 6.42 Å². The highest BCUT2D eigenvalue weighted by Crippen LogP contribution is 2.21. The molecule has 0 aromatic carbocycles. The van der Waals surface area contributed by atoms with Gasteiger partial charge in [0.25, 0.3) is 0 Å². The van der Waals surface area contributed by atoms with Gasteiger partial charge in [0.05, 0.1) is 5.02 Å². The molecule has 15 heavy (non-hydrogen) atoms. The molecule has 82 valence electrons. The van der Waals surface area contributed by atoms with Crippen molar-refractivity contribution in [3.8, 4) is 0 Å². The summed E-state index contributed by atoms with van der Waals surface area (Å²) in [6.45, 7) is 5.78. The van der Waals surface area contributed by atoms with E-state index in [0.29, 0.717) is 10.8 Å². The summed E-state index contributed by atoms with van der Waals surface area (Å²) < 4.78 is 0. The third-order valence-electron chi connectivity index (χ3n) is 2.47. The van der Waals surface area contributed by atoms with Crippen molar-refractivity contribution in [3.63, 3.8) is 0 Å². The van der Waals surface area contributed by atoms with Crippen LogP contribution in [0.4, 0.5) is 5.82 Å². The number of nitrogens with one attached hydrogen (secondary N) is 1. The molecule has 1 amide bonds. The number of carbonyl (C=O) groups excluding carboxylic acids is 1. The molecule has 1 heterocycles. The molecule has 1 aromatic heterocycles. The third kappa shape index (κ3) is 3.20. The number of hydrogen-bond donors (Lipinski definition) is 1. The lowest BCUT2D eigenvalue weighted by Crippen LogP contribution is -2.30. The molecule has 0 aliphatic carbocycles. The predicted octanol–water partition coefficient (Wildman–Crippen LogP) is 3.11. The second-order valence-electron chi connectivity index (χ2n) is 4.05. The Labute approximate surface area is 94.9 Å². The van der Waals surface area contributed by atoms with Crippen LogP contribution in [-0.2, 0) is 4.79 Å². The van der Waals surface area contributed by atoms with Crippen LogP contribution < -0.4 is 5.32 Å². The normalized spacial score (nSPS) is 11.2. The lowest BCUT2D eigenvalue weighted by Gasteiger charge is -2.20. The van der Waals surface area contributed by atoms with E-state index in [4.69, 9.17) is 11.6 Å². The number of carbonyl (C=O) groups is 1. The first-order chi connectivity index (χ1) is 6.95. The van der Waals surface area contributed by atoms with Crippen LogP contribution in [0.5, 0.6) is 0 Å². The minimum atomic E-state index is -0.374. The highest BCUT2D eigenvalue weighted by Gasteiger charge is 2.25. The molecule has 0 bridgehead atoms. The molecule has 0 aliphatic rings. The first-order valence-corrected chi connectivity index (χ1v) is 5.26. The average Bonchev–Trinajstić information content (AvgIpc) is 2.21. The molecule has 0 unspecified atom stereocenters. The molecule has 1 rings (SSSR count). The van der Waals surface area contributed by atoms with Gasteiger partial charge in [0.15, 0.2) is 0 Å². The number of hydrogen-bond acceptors (Lipinski definition) is 2. The van der Waals surface area contributed by atoms with Crippen LogP contribution in [0.1, 0.15) is 27.2 Å². The van der Waals surface area contributed by atoms with Gasteiger partial charge in [0, 0.05) is 11.6 Å². The van der Waals surface area contributed by atoms with Gasteiger partial charge in [-0.25, -0.2) is 4.98 Å². The Hall–Kier alpha value is -1.09. The maximum atomic E-state index is 11.8. The quantitative estimate of drug-likeness (QED) is 0.861. The van der Waals surface area contributed by atoms with Crippen molar-refractivity contribution in [3.05, 3.63) is 23.4 Å². The molecule has 0 saturated carbocycles. The fourth-order valence-corrected chi connectivity index (χ4v) is 1.01. The van der Waals surface area contributed by atoms with Crippen molar-refractivity contribution in [2.45, 2.75) is 27.2 Å². The minimum absolute atomic E-state index is 0.0279. The molecule has 1 N–H and O–H groups in total. The Morgan fingerprint density at radius 2 is 2.20 bits per heavy atom. The van der Waals surface area contributed by atoms with Gasteiger partial charge in [-0.05, 0) is 18.6 Å². The predicted molar refractivity (Wildman–Crippen MR) is 61.9 cm³/mol. The van der Waals surface area contributed by atoms with Gasteiger partial charge < -0.3 is 5.32 Å². The maximum absolute atomic E-state index is 11.8. The first kappa shape index (κ1) is 12.0. The topological polar surface area (TPSA) is 42.0 Å². The van der Waals surface area contributed by atoms with Gasteiger partial charge in [-0.1, -0.05) is 32.4 Å². The monoisotopic (exact) mass is 226 g/mol. The molecule has 4 heteroatoms. The highest BCUT2D eigenvalue weighted by molar-refractivity contribution is 6.30. The number of rotatable bonds is 3. The van der Waals surface area contributed by atoms with Crippen molar-refractivity contribution in [1.29, 1.82) is 0 Å². The molecular formula is C11H15ClN2O. The number of aromatic nitrogens is 1. The highest BCUT2D eigenvalue weighted by atomic mass is 35.5. The van der Waals surface area contributed by atoms with Crippen molar-refractivity contribution in [1.82, 2.24) is 4.98 Å². The molecule has 0 saturated heterocycles. The van der Waals surface area contributed by atoms with Gasteiger partial charge in [0.1, 0.15) is 5.82 Å². The van der Waals surface area contributed by atoms with E-state index >= 15 is 0 Å². The summed E-state index contributed by atoms with van der Waals surface area (Å²) in [6, 6.07) is 3.38. The van der Waals surface area contributed by atoms with Gasteiger partial charge in [-0.2, -0.15) is 0 Å². The fraction of sp³-hybridized carbons (Fsp3) is 0.455. The molecule has 0 spiro atoms. The minimum Gasteiger partial charge on any atom is -0.310 e. The SMILES string of the molecule is CCC(C)(C)C(=O)Nc1ccc(Cl)cn1. The standard InChI is InChI=1S/C11H15ClN2O/c1-4-11(2,3)10(15)14-9-6-5-8(12)7-13-9/h5-7H,4H2,1-3H3,(H,13,14,15). The first-order valence-electron chi connectivity index (χ1n) is 4.88. The number of amides is 1. The molecule has 0 radical (unpaired) electrons. The second-order valence-corrected chi connectivity index (χ2v) is 4.49. The molecular weight excluding hydrogens is 212 g/mol. The smallest absolute Gasteiger partial charge is 0.231 e. The number of halogens is 1. The van der Waals surface area contributed by atoms with E-state index in [1.807, 2.05) is 20.8 Å². The van der Waals surface area contributed by atoms with Crippen LogP contribution >= 0.6 is 11.6 Å². The Morgan fingerprint density at radius 3 is 2.67 bits per heavy atom. The molecule has 0 aliphatic heterocycles. The van der Waals surface area contributed by atoms with Crippen LogP contribution in [0.15, 0.2) is 18.3 Å². The lowest BCUT2D eigenvalue weighted by atomic mass is 9.89. The molecule has 1 aromatic rings. The van der Waals surface area contributed by atoms with Gasteiger partial charge >= 0.3 is 0 Å². The lowest BCUT2D eigenvalue weighted by molar-refractivity contribution is -0.124. The van der Waals surface area contributed by atoms with Crippen LogP contribution in [-0.4, -0.2) is 10.9 Å². The van der Waals surface area contributed by atoms with E-state index in [2.05, 4.69) is 10.3 Å². The van der Waals surface area contributed by atoms with E-state index in [9.17, 15) is 4.79 Å². The van der Waals surface area contributed by atoms with Crippen molar-refractivity contribution in [2.75, 3.05) is 5.32 Å². The van der Waals surface area contributed by atoms with Crippen molar-refractivity contribution < 1.29 is 4.79 Å². The number of pyridine rings is 1. The van der Waals surface area contributed by atoms with Crippen LogP contribution in [0, 0.1) is 5.41 Å². The van der Waals surface area contributed by atoms with E-state index in [1.165, 1.54) is 6.20 Å². The molecule has 3 nitrogen and oxygen atoms in total. The fourth-order valence-electron chi connectivity index (χ4n) is 0.896. The molecule has 0 atom stereocenters. The number of nitrogens with zero attached hydrogens (tertiary/aromatic N) is 1. The largest absolute Gasteiger partial charge is 0.310 e. The van der Waals surface area contributed by atoms with Crippen LogP contribution in [0.2, 0.25) is 5.02 Å². The van der Waals surface area contributed by atoms with Crippen LogP contribution in [0.25, 0.3) is 0 Å². The Bertz CT molecular complexity index is 346. The summed E-state index contributed by atoms with van der Waals surface area (Å²) in [5.74, 6) is 0.505. The second kappa shape index (κ2) is 4.62. The van der Waals surface area contributed by atoms with E-state index in [-0.39, 0.29) is 11.3 Å². The van der Waals surface area contributed by atoms with Gasteiger partial charge in [-0.15, -0.1) is 0 Å². The van der Waals surface area contributed by atoms with Crippen molar-refractivity contribution >= 4 is 23.3 Å². The zero-order valence-corrected chi connectivity index (χ0v) is 9.93. The number of anilines is 1. The Kier molecular flexibility index (Phi) is 3.69. The summed E-state index contributed by atoms with van der Waals surface area (Å²) in [7, 11) is 0.